The minimum absolute atomic E-state index is 0.0191. The SMILES string of the molecule is CC(C)C[C@H](NC(=O)C(CCc1ccccc1)CP(=O)(O)CNC(=O)[C@H](C)NC(=O)OCc1ccccc1)C(=O)Nc1ccccc1. The minimum atomic E-state index is -4.09. The van der Waals surface area contributed by atoms with Crippen LogP contribution in [0.4, 0.5) is 10.5 Å². The van der Waals surface area contributed by atoms with E-state index < -0.39 is 55.7 Å². The number of hydrogen-bond donors (Lipinski definition) is 5. The summed E-state index contributed by atoms with van der Waals surface area (Å²) in [6.45, 7) is 5.31. The van der Waals surface area contributed by atoms with Gasteiger partial charge in [-0.1, -0.05) is 92.7 Å². The summed E-state index contributed by atoms with van der Waals surface area (Å²) in [4.78, 5) is 62.6. The summed E-state index contributed by atoms with van der Waals surface area (Å²) in [6.07, 6.45) is -0.760. The van der Waals surface area contributed by atoms with Crippen LogP contribution in [0.15, 0.2) is 91.0 Å². The molecule has 0 aliphatic carbocycles. The van der Waals surface area contributed by atoms with Crippen molar-refractivity contribution in [2.24, 2.45) is 11.8 Å². The molecular weight excluding hydrogens is 619 g/mol. The van der Waals surface area contributed by atoms with E-state index in [1.54, 1.807) is 36.4 Å². The second-order valence-corrected chi connectivity index (χ2v) is 14.3. The normalized spacial score (nSPS) is 14.1. The molecule has 3 rings (SSSR count). The van der Waals surface area contributed by atoms with Crippen molar-refractivity contribution < 1.29 is 33.4 Å². The average Bonchev–Trinajstić information content (AvgIpc) is 3.05. The van der Waals surface area contributed by atoms with E-state index in [4.69, 9.17) is 4.74 Å². The van der Waals surface area contributed by atoms with Gasteiger partial charge in [0.15, 0.2) is 0 Å². The number of benzene rings is 3. The Morgan fingerprint density at radius 2 is 1.34 bits per heavy atom. The highest BCUT2D eigenvalue weighted by molar-refractivity contribution is 7.58. The highest BCUT2D eigenvalue weighted by Crippen LogP contribution is 2.42. The summed E-state index contributed by atoms with van der Waals surface area (Å²) in [6, 6.07) is 25.4. The van der Waals surface area contributed by atoms with Crippen molar-refractivity contribution in [2.45, 2.75) is 58.7 Å². The van der Waals surface area contributed by atoms with E-state index in [-0.39, 0.29) is 24.9 Å². The Kier molecular flexibility index (Phi) is 14.7. The van der Waals surface area contributed by atoms with Crippen LogP contribution in [-0.4, -0.2) is 53.2 Å². The van der Waals surface area contributed by atoms with Gasteiger partial charge in [0.2, 0.25) is 25.1 Å². The maximum absolute atomic E-state index is 13.7. The first-order valence-corrected chi connectivity index (χ1v) is 17.7. The predicted octanol–water partition coefficient (Wildman–Crippen LogP) is 5.06. The van der Waals surface area contributed by atoms with Gasteiger partial charge in [-0.15, -0.1) is 0 Å². The van der Waals surface area contributed by atoms with Crippen LogP contribution in [0.3, 0.4) is 0 Å². The van der Waals surface area contributed by atoms with Gasteiger partial charge >= 0.3 is 6.09 Å². The molecule has 3 aromatic carbocycles. The molecule has 0 spiro atoms. The number of rotatable bonds is 17. The molecule has 252 valence electrons. The number of ether oxygens (including phenoxy) is 1. The summed E-state index contributed by atoms with van der Waals surface area (Å²) in [7, 11) is -4.09. The van der Waals surface area contributed by atoms with Gasteiger partial charge in [0.05, 0.1) is 6.29 Å². The largest absolute Gasteiger partial charge is 0.445 e. The zero-order valence-corrected chi connectivity index (χ0v) is 28.0. The molecule has 0 aromatic heterocycles. The number of hydrogen-bond acceptors (Lipinski definition) is 6. The number of para-hydroxylation sites is 1. The van der Waals surface area contributed by atoms with Crippen molar-refractivity contribution in [3.8, 4) is 0 Å². The Morgan fingerprint density at radius 3 is 1.94 bits per heavy atom. The van der Waals surface area contributed by atoms with Crippen molar-refractivity contribution in [3.63, 3.8) is 0 Å². The smallest absolute Gasteiger partial charge is 0.408 e. The molecule has 5 N–H and O–H groups in total. The Balaban J connectivity index is 1.62. The highest BCUT2D eigenvalue weighted by atomic mass is 31.2. The minimum Gasteiger partial charge on any atom is -0.445 e. The molecule has 0 radical (unpaired) electrons. The summed E-state index contributed by atoms with van der Waals surface area (Å²) in [5.74, 6) is -2.44. The molecule has 11 nitrogen and oxygen atoms in total. The first-order valence-electron chi connectivity index (χ1n) is 15.7. The molecule has 0 fully saturated rings. The number of nitrogens with one attached hydrogen (secondary N) is 4. The molecule has 3 aromatic rings. The van der Waals surface area contributed by atoms with Crippen LogP contribution in [0.2, 0.25) is 0 Å². The fraction of sp³-hybridized carbons (Fsp3) is 0.371. The lowest BCUT2D eigenvalue weighted by Gasteiger charge is -2.25. The third kappa shape index (κ3) is 13.8. The van der Waals surface area contributed by atoms with Gasteiger partial charge in [-0.2, -0.15) is 0 Å². The Hall–Kier alpha value is -4.47. The van der Waals surface area contributed by atoms with Crippen molar-refractivity contribution in [3.05, 3.63) is 102 Å². The lowest BCUT2D eigenvalue weighted by atomic mass is 9.98. The lowest BCUT2D eigenvalue weighted by molar-refractivity contribution is -0.129. The summed E-state index contributed by atoms with van der Waals surface area (Å²) in [5, 5.41) is 10.5. The molecule has 0 aliphatic heterocycles. The van der Waals surface area contributed by atoms with Crippen molar-refractivity contribution in [2.75, 3.05) is 17.8 Å². The van der Waals surface area contributed by atoms with Crippen LogP contribution in [0.5, 0.6) is 0 Å². The Labute approximate surface area is 276 Å². The third-order valence-corrected chi connectivity index (χ3v) is 8.99. The van der Waals surface area contributed by atoms with Crippen molar-refractivity contribution in [1.29, 1.82) is 0 Å². The van der Waals surface area contributed by atoms with Gasteiger partial charge in [0.1, 0.15) is 18.7 Å². The first kappa shape index (κ1) is 37.0. The predicted molar refractivity (Wildman–Crippen MR) is 182 cm³/mol. The van der Waals surface area contributed by atoms with Crippen molar-refractivity contribution >= 4 is 36.9 Å². The number of amides is 4. The van der Waals surface area contributed by atoms with Crippen LogP contribution in [0.1, 0.15) is 44.7 Å². The molecule has 0 heterocycles. The average molecular weight is 665 g/mol. The standard InChI is InChI=1S/C35H45N4O7P/c1-25(2)21-31(34(42)38-30-17-11-6-12-18-30)39-33(41)29(20-19-27-13-7-4-8-14-27)23-47(44,45)24-36-32(40)26(3)37-35(43)46-22-28-15-9-5-10-16-28/h4-18,25-26,29,31H,19-24H2,1-3H3,(H,36,40)(H,37,43)(H,38,42)(H,39,41)(H,44,45)/t26-,29?,31-/m0/s1. The zero-order valence-electron chi connectivity index (χ0n) is 27.1. The lowest BCUT2D eigenvalue weighted by Crippen LogP contribution is -2.47. The topological polar surface area (TPSA) is 163 Å². The van der Waals surface area contributed by atoms with Gasteiger partial charge in [-0.05, 0) is 55.4 Å². The Bertz CT molecular complexity index is 1490. The van der Waals surface area contributed by atoms with Gasteiger partial charge in [-0.25, -0.2) is 4.79 Å². The molecule has 4 amide bonds. The number of carbonyl (C=O) groups is 4. The highest BCUT2D eigenvalue weighted by Gasteiger charge is 2.32. The molecule has 12 heteroatoms. The fourth-order valence-corrected chi connectivity index (χ4v) is 6.37. The molecule has 2 unspecified atom stereocenters. The van der Waals surface area contributed by atoms with E-state index in [1.807, 2.05) is 68.4 Å². The van der Waals surface area contributed by atoms with E-state index in [1.165, 1.54) is 6.92 Å². The van der Waals surface area contributed by atoms with Gasteiger partial charge in [0, 0.05) is 17.8 Å². The van der Waals surface area contributed by atoms with Crippen LogP contribution in [0, 0.1) is 11.8 Å². The second kappa shape index (κ2) is 18.6. The monoisotopic (exact) mass is 664 g/mol. The molecule has 0 saturated heterocycles. The third-order valence-electron chi connectivity index (χ3n) is 7.32. The molecular formula is C35H45N4O7P. The number of anilines is 1. The Morgan fingerprint density at radius 1 is 0.766 bits per heavy atom. The number of aryl methyl sites for hydroxylation is 1. The molecule has 0 saturated carbocycles. The van der Waals surface area contributed by atoms with Crippen LogP contribution in [-0.2, 0) is 36.7 Å². The van der Waals surface area contributed by atoms with Gasteiger partial charge < -0.3 is 30.9 Å². The number of alkyl carbamates (subject to hydrolysis) is 1. The van der Waals surface area contributed by atoms with E-state index >= 15 is 0 Å². The summed E-state index contributed by atoms with van der Waals surface area (Å²) >= 11 is 0. The van der Waals surface area contributed by atoms with Crippen molar-refractivity contribution in [1.82, 2.24) is 16.0 Å². The molecule has 4 atom stereocenters. The fourth-order valence-electron chi connectivity index (χ4n) is 4.80. The molecule has 47 heavy (non-hydrogen) atoms. The first-order chi connectivity index (χ1) is 22.4. The van der Waals surface area contributed by atoms with E-state index in [9.17, 15) is 28.6 Å². The van der Waals surface area contributed by atoms with E-state index in [2.05, 4.69) is 21.3 Å². The molecule has 0 aliphatic rings. The van der Waals surface area contributed by atoms with Gasteiger partial charge in [-0.3, -0.25) is 18.9 Å². The van der Waals surface area contributed by atoms with Crippen LogP contribution >= 0.6 is 7.37 Å². The van der Waals surface area contributed by atoms with Gasteiger partial charge in [0.25, 0.3) is 0 Å². The summed E-state index contributed by atoms with van der Waals surface area (Å²) in [5.41, 5.74) is 2.31. The molecule has 0 bridgehead atoms. The van der Waals surface area contributed by atoms with Crippen LogP contribution in [0.25, 0.3) is 0 Å². The van der Waals surface area contributed by atoms with Crippen LogP contribution < -0.4 is 21.3 Å². The quantitative estimate of drug-likeness (QED) is 0.126. The zero-order chi connectivity index (χ0) is 34.2. The maximum Gasteiger partial charge on any atom is 0.408 e. The maximum atomic E-state index is 13.7. The van der Waals surface area contributed by atoms with E-state index in [0.29, 0.717) is 18.5 Å². The van der Waals surface area contributed by atoms with E-state index in [0.717, 1.165) is 11.1 Å². The number of carbonyl (C=O) groups excluding carboxylic acids is 4. The summed E-state index contributed by atoms with van der Waals surface area (Å²) < 4.78 is 18.5. The second-order valence-electron chi connectivity index (χ2n) is 11.9.